The van der Waals surface area contributed by atoms with Crippen molar-refractivity contribution in [3.05, 3.63) is 0 Å². The molecule has 0 bridgehead atoms. The molecule has 3 N–H and O–H groups in total. The molecule has 1 aliphatic rings. The highest BCUT2D eigenvalue weighted by Crippen LogP contribution is 2.40. The molecule has 0 radical (unpaired) electrons. The summed E-state index contributed by atoms with van der Waals surface area (Å²) in [4.78, 5) is 23.9. The molecule has 0 aromatic heterocycles. The number of carboxylic acid groups (broad SMARTS) is 1. The van der Waals surface area contributed by atoms with Crippen LogP contribution in [-0.4, -0.2) is 55.6 Å². The van der Waals surface area contributed by atoms with Gasteiger partial charge in [-0.25, -0.2) is 4.79 Å². The predicted molar refractivity (Wildman–Crippen MR) is 124 cm³/mol. The summed E-state index contributed by atoms with van der Waals surface area (Å²) in [5, 5.41) is 14.8. The minimum atomic E-state index is -1.82. The Balaban J connectivity index is 2.77. The molecule has 0 saturated heterocycles. The number of hydrogen-bond acceptors (Lipinski definition) is 4. The first-order valence-electron chi connectivity index (χ1n) is 10.9. The van der Waals surface area contributed by atoms with Gasteiger partial charge in [-0.05, 0) is 68.2 Å². The lowest BCUT2D eigenvalue weighted by molar-refractivity contribution is -0.124. The van der Waals surface area contributed by atoms with Crippen molar-refractivity contribution in [1.82, 2.24) is 10.6 Å². The summed E-state index contributed by atoms with van der Waals surface area (Å²) < 4.78 is 6.66. The van der Waals surface area contributed by atoms with Gasteiger partial charge in [0.25, 0.3) is 0 Å². The quantitative estimate of drug-likeness (QED) is 0.418. The third-order valence-electron chi connectivity index (χ3n) is 6.41. The monoisotopic (exact) mass is 446 g/mol. The average molecular weight is 447 g/mol. The summed E-state index contributed by atoms with van der Waals surface area (Å²) >= 11 is 1.61. The molecule has 0 spiro atoms. The van der Waals surface area contributed by atoms with Crippen LogP contribution in [0.25, 0.3) is 0 Å². The van der Waals surface area contributed by atoms with E-state index in [1.54, 1.807) is 11.8 Å². The Kier molecular flexibility index (Phi) is 10.5. The molecule has 1 aliphatic carbocycles. The van der Waals surface area contributed by atoms with Gasteiger partial charge in [-0.3, -0.25) is 4.79 Å². The Labute approximate surface area is 182 Å². The van der Waals surface area contributed by atoms with Crippen LogP contribution in [0.15, 0.2) is 0 Å². The Hall–Kier alpha value is -0.733. The molecule has 1 fully saturated rings. The Morgan fingerprint density at radius 1 is 1.28 bits per heavy atom. The van der Waals surface area contributed by atoms with Crippen LogP contribution in [0, 0.1) is 5.92 Å². The normalized spacial score (nSPS) is 24.0. The lowest BCUT2D eigenvalue weighted by Gasteiger charge is -2.43. The summed E-state index contributed by atoms with van der Waals surface area (Å²) in [5.74, 6) is 0.916. The second kappa shape index (κ2) is 11.6. The van der Waals surface area contributed by atoms with Gasteiger partial charge in [0.05, 0.1) is 0 Å². The van der Waals surface area contributed by atoms with Crippen LogP contribution in [0.3, 0.4) is 0 Å². The number of carbonyl (C=O) groups excluding carboxylic acids is 1. The van der Waals surface area contributed by atoms with Gasteiger partial charge >= 0.3 is 6.09 Å². The van der Waals surface area contributed by atoms with Gasteiger partial charge in [0.15, 0.2) is 8.32 Å². The van der Waals surface area contributed by atoms with Crippen LogP contribution < -0.4 is 10.6 Å². The standard InChI is InChI=1S/C21H42N2O4SSi/c1-8-9-15-14-16(27-29(6,7)21(2,3)4)10-11-17(15)22-19(24)18(12-13-28-5)23-20(25)26/h15-18,23H,8-14H2,1-7H3,(H,22,24)(H,25,26)/t15-,16-,17+,18+/m1/s1. The van der Waals surface area contributed by atoms with Crippen LogP contribution in [-0.2, 0) is 9.22 Å². The summed E-state index contributed by atoms with van der Waals surface area (Å²) in [7, 11) is -1.82. The largest absolute Gasteiger partial charge is 0.465 e. The van der Waals surface area contributed by atoms with Crippen molar-refractivity contribution >= 4 is 32.1 Å². The summed E-state index contributed by atoms with van der Waals surface area (Å²) in [6.07, 6.45) is 6.47. The predicted octanol–water partition coefficient (Wildman–Crippen LogP) is 4.85. The summed E-state index contributed by atoms with van der Waals surface area (Å²) in [5.41, 5.74) is 0. The third-order valence-corrected chi connectivity index (χ3v) is 11.6. The maximum absolute atomic E-state index is 12.8. The zero-order valence-corrected chi connectivity index (χ0v) is 21.2. The molecule has 2 amide bonds. The first kappa shape index (κ1) is 26.3. The fourth-order valence-electron chi connectivity index (χ4n) is 3.74. The lowest BCUT2D eigenvalue weighted by atomic mass is 9.80. The van der Waals surface area contributed by atoms with Gasteiger partial charge in [-0.2, -0.15) is 11.8 Å². The zero-order valence-electron chi connectivity index (χ0n) is 19.3. The lowest BCUT2D eigenvalue weighted by Crippen LogP contribution is -2.54. The van der Waals surface area contributed by atoms with Crippen molar-refractivity contribution in [1.29, 1.82) is 0 Å². The Morgan fingerprint density at radius 2 is 1.93 bits per heavy atom. The van der Waals surface area contributed by atoms with Crippen molar-refractivity contribution in [3.63, 3.8) is 0 Å². The maximum atomic E-state index is 12.8. The van der Waals surface area contributed by atoms with Gasteiger partial charge in [0, 0.05) is 12.1 Å². The van der Waals surface area contributed by atoms with Crippen molar-refractivity contribution in [2.24, 2.45) is 5.92 Å². The third kappa shape index (κ3) is 8.50. The Bertz CT molecular complexity index is 539. The minimum absolute atomic E-state index is 0.0918. The minimum Gasteiger partial charge on any atom is -0.465 e. The first-order valence-corrected chi connectivity index (χ1v) is 15.2. The van der Waals surface area contributed by atoms with E-state index in [2.05, 4.69) is 51.4 Å². The van der Waals surface area contributed by atoms with Crippen LogP contribution in [0.4, 0.5) is 4.79 Å². The SMILES string of the molecule is CCC[C@@H]1C[C@H](O[Si](C)(C)C(C)(C)C)CC[C@@H]1NC(=O)[C@H](CCSC)NC(=O)O. The van der Waals surface area contributed by atoms with Crippen molar-refractivity contribution in [2.75, 3.05) is 12.0 Å². The van der Waals surface area contributed by atoms with E-state index in [-0.39, 0.29) is 23.1 Å². The second-order valence-corrected chi connectivity index (χ2v) is 15.5. The number of amides is 2. The van der Waals surface area contributed by atoms with Crippen molar-refractivity contribution < 1.29 is 19.1 Å². The van der Waals surface area contributed by atoms with Gasteiger partial charge in [-0.15, -0.1) is 0 Å². The molecule has 0 aliphatic heterocycles. The molecule has 170 valence electrons. The number of carbonyl (C=O) groups is 2. The average Bonchev–Trinajstić information content (AvgIpc) is 2.59. The molecule has 4 atom stereocenters. The molecule has 0 heterocycles. The van der Waals surface area contributed by atoms with E-state index >= 15 is 0 Å². The van der Waals surface area contributed by atoms with Gasteiger partial charge in [-0.1, -0.05) is 34.1 Å². The first-order chi connectivity index (χ1) is 13.4. The zero-order chi connectivity index (χ0) is 22.2. The van der Waals surface area contributed by atoms with Gasteiger partial charge < -0.3 is 20.2 Å². The molecule has 6 nitrogen and oxygen atoms in total. The van der Waals surface area contributed by atoms with Crippen LogP contribution in [0.1, 0.15) is 66.2 Å². The summed E-state index contributed by atoms with van der Waals surface area (Å²) in [6, 6.07) is -0.600. The van der Waals surface area contributed by atoms with E-state index in [0.717, 1.165) is 37.9 Å². The number of rotatable bonds is 10. The molecule has 0 aromatic carbocycles. The van der Waals surface area contributed by atoms with Gasteiger partial charge in [0.2, 0.25) is 5.91 Å². The van der Waals surface area contributed by atoms with Gasteiger partial charge in [0.1, 0.15) is 6.04 Å². The number of nitrogens with one attached hydrogen (secondary N) is 2. The molecule has 1 saturated carbocycles. The van der Waals surface area contributed by atoms with E-state index in [0.29, 0.717) is 12.3 Å². The highest BCUT2D eigenvalue weighted by molar-refractivity contribution is 7.98. The maximum Gasteiger partial charge on any atom is 0.405 e. The number of hydrogen-bond donors (Lipinski definition) is 3. The van der Waals surface area contributed by atoms with E-state index in [1.807, 2.05) is 6.26 Å². The molecule has 1 rings (SSSR count). The molecule has 29 heavy (non-hydrogen) atoms. The van der Waals surface area contributed by atoms with E-state index in [4.69, 9.17) is 9.53 Å². The molecular formula is C21H42N2O4SSi. The van der Waals surface area contributed by atoms with Crippen LogP contribution in [0.5, 0.6) is 0 Å². The highest BCUT2D eigenvalue weighted by Gasteiger charge is 2.41. The highest BCUT2D eigenvalue weighted by atomic mass is 32.2. The van der Waals surface area contributed by atoms with Crippen molar-refractivity contribution in [3.8, 4) is 0 Å². The van der Waals surface area contributed by atoms with E-state index < -0.39 is 20.5 Å². The fraction of sp³-hybridized carbons (Fsp3) is 0.905. The van der Waals surface area contributed by atoms with Crippen molar-refractivity contribution in [2.45, 2.75) is 103 Å². The van der Waals surface area contributed by atoms with Crippen LogP contribution in [0.2, 0.25) is 18.1 Å². The summed E-state index contributed by atoms with van der Waals surface area (Å²) in [6.45, 7) is 13.5. The van der Waals surface area contributed by atoms with E-state index in [1.165, 1.54) is 0 Å². The topological polar surface area (TPSA) is 87.7 Å². The molecule has 0 aromatic rings. The molecular weight excluding hydrogens is 404 g/mol. The van der Waals surface area contributed by atoms with E-state index in [9.17, 15) is 9.59 Å². The molecule has 0 unspecified atom stereocenters. The number of thioether (sulfide) groups is 1. The smallest absolute Gasteiger partial charge is 0.405 e. The Morgan fingerprint density at radius 3 is 2.45 bits per heavy atom. The molecule has 8 heteroatoms. The van der Waals surface area contributed by atoms with Crippen LogP contribution >= 0.6 is 11.8 Å². The second-order valence-electron chi connectivity index (χ2n) is 9.76. The fourth-order valence-corrected chi connectivity index (χ4v) is 5.61.